The number of hydrogen-bond acceptors (Lipinski definition) is 2. The average Bonchev–Trinajstić information content (AvgIpc) is 2.33. The standard InChI is InChI=1S/C11H11F2NO2/c12-9-4-3-8(7-10(9)13)11(15)14-5-1-2-6-16-14/h3-4,7H,1-2,5-6H2. The highest BCUT2D eigenvalue weighted by atomic mass is 19.2. The fourth-order valence-electron chi connectivity index (χ4n) is 1.53. The first kappa shape index (κ1) is 11.0. The molecular weight excluding hydrogens is 216 g/mol. The fourth-order valence-corrected chi connectivity index (χ4v) is 1.53. The van der Waals surface area contributed by atoms with Gasteiger partial charge in [-0.2, -0.15) is 0 Å². The Balaban J connectivity index is 2.16. The van der Waals surface area contributed by atoms with Crippen LogP contribution in [-0.4, -0.2) is 24.1 Å². The van der Waals surface area contributed by atoms with Crippen LogP contribution in [-0.2, 0) is 4.84 Å². The number of benzene rings is 1. The largest absolute Gasteiger partial charge is 0.277 e. The number of hydroxylamine groups is 2. The van der Waals surface area contributed by atoms with Gasteiger partial charge in [-0.3, -0.25) is 9.63 Å². The van der Waals surface area contributed by atoms with Crippen LogP contribution in [0, 0.1) is 11.6 Å². The number of rotatable bonds is 1. The maximum absolute atomic E-state index is 12.9. The van der Waals surface area contributed by atoms with Gasteiger partial charge < -0.3 is 0 Å². The molecule has 1 aromatic carbocycles. The molecule has 1 aliphatic heterocycles. The predicted molar refractivity (Wildman–Crippen MR) is 52.6 cm³/mol. The monoisotopic (exact) mass is 227 g/mol. The van der Waals surface area contributed by atoms with Crippen molar-refractivity contribution < 1.29 is 18.4 Å². The molecule has 3 nitrogen and oxygen atoms in total. The Labute approximate surface area is 91.6 Å². The maximum atomic E-state index is 12.9. The fraction of sp³-hybridized carbons (Fsp3) is 0.364. The van der Waals surface area contributed by atoms with E-state index in [1.807, 2.05) is 0 Å². The minimum Gasteiger partial charge on any atom is -0.271 e. The van der Waals surface area contributed by atoms with Gasteiger partial charge in [-0.25, -0.2) is 13.8 Å². The van der Waals surface area contributed by atoms with Crippen LogP contribution in [0.4, 0.5) is 8.78 Å². The first-order valence-corrected chi connectivity index (χ1v) is 5.08. The van der Waals surface area contributed by atoms with Gasteiger partial charge >= 0.3 is 0 Å². The van der Waals surface area contributed by atoms with Gasteiger partial charge in [0.15, 0.2) is 11.6 Å². The van der Waals surface area contributed by atoms with Crippen LogP contribution in [0.1, 0.15) is 23.2 Å². The van der Waals surface area contributed by atoms with Crippen LogP contribution in [0.3, 0.4) is 0 Å². The molecule has 0 N–H and O–H groups in total. The van der Waals surface area contributed by atoms with E-state index in [1.54, 1.807) is 0 Å². The third-order valence-corrected chi connectivity index (χ3v) is 2.40. The van der Waals surface area contributed by atoms with E-state index in [9.17, 15) is 13.6 Å². The molecule has 1 aliphatic rings. The number of halogens is 2. The zero-order valence-corrected chi connectivity index (χ0v) is 8.58. The lowest BCUT2D eigenvalue weighted by Gasteiger charge is -2.25. The molecule has 5 heteroatoms. The summed E-state index contributed by atoms with van der Waals surface area (Å²) in [4.78, 5) is 16.9. The molecule has 0 radical (unpaired) electrons. The van der Waals surface area contributed by atoms with Gasteiger partial charge in [0.05, 0.1) is 6.61 Å². The topological polar surface area (TPSA) is 29.5 Å². The van der Waals surface area contributed by atoms with Crippen molar-refractivity contribution in [1.29, 1.82) is 0 Å². The van der Waals surface area contributed by atoms with Crippen molar-refractivity contribution >= 4 is 5.91 Å². The van der Waals surface area contributed by atoms with Crippen molar-refractivity contribution in [1.82, 2.24) is 5.06 Å². The molecule has 1 fully saturated rings. The van der Waals surface area contributed by atoms with Crippen molar-refractivity contribution in [3.8, 4) is 0 Å². The number of carbonyl (C=O) groups is 1. The van der Waals surface area contributed by atoms with Crippen molar-refractivity contribution in [3.63, 3.8) is 0 Å². The SMILES string of the molecule is O=C(c1ccc(F)c(F)c1)N1CCCCO1. The summed E-state index contributed by atoms with van der Waals surface area (Å²) < 4.78 is 25.6. The second kappa shape index (κ2) is 4.57. The van der Waals surface area contributed by atoms with Crippen LogP contribution in [0.2, 0.25) is 0 Å². The Morgan fingerprint density at radius 2 is 2.06 bits per heavy atom. The van der Waals surface area contributed by atoms with Gasteiger partial charge in [-0.1, -0.05) is 0 Å². The van der Waals surface area contributed by atoms with Crippen LogP contribution in [0.15, 0.2) is 18.2 Å². The highest BCUT2D eigenvalue weighted by Gasteiger charge is 2.20. The zero-order chi connectivity index (χ0) is 11.5. The minimum absolute atomic E-state index is 0.0980. The summed E-state index contributed by atoms with van der Waals surface area (Å²) in [6.07, 6.45) is 1.76. The molecule has 1 saturated heterocycles. The maximum Gasteiger partial charge on any atom is 0.277 e. The second-order valence-corrected chi connectivity index (χ2v) is 3.58. The summed E-state index contributed by atoms with van der Waals surface area (Å²) >= 11 is 0. The molecule has 1 aromatic rings. The van der Waals surface area contributed by atoms with Crippen LogP contribution >= 0.6 is 0 Å². The Bertz CT molecular complexity index is 403. The molecule has 0 unspecified atom stereocenters. The molecule has 0 aromatic heterocycles. The lowest BCUT2D eigenvalue weighted by atomic mass is 10.2. The van der Waals surface area contributed by atoms with Crippen molar-refractivity contribution in [2.24, 2.45) is 0 Å². The van der Waals surface area contributed by atoms with Crippen molar-refractivity contribution in [3.05, 3.63) is 35.4 Å². The van der Waals surface area contributed by atoms with Crippen LogP contribution in [0.5, 0.6) is 0 Å². The van der Waals surface area contributed by atoms with E-state index in [1.165, 1.54) is 11.1 Å². The summed E-state index contributed by atoms with van der Waals surface area (Å²) in [5.41, 5.74) is 0.0980. The van der Waals surface area contributed by atoms with Gasteiger partial charge in [-0.15, -0.1) is 0 Å². The second-order valence-electron chi connectivity index (χ2n) is 3.58. The molecule has 2 rings (SSSR count). The summed E-state index contributed by atoms with van der Waals surface area (Å²) in [5, 5.41) is 1.19. The van der Waals surface area contributed by atoms with Gasteiger partial charge in [0.2, 0.25) is 0 Å². The van der Waals surface area contributed by atoms with E-state index in [0.29, 0.717) is 13.2 Å². The van der Waals surface area contributed by atoms with Gasteiger partial charge in [0.25, 0.3) is 5.91 Å². The first-order chi connectivity index (χ1) is 7.68. The van der Waals surface area contributed by atoms with Crippen molar-refractivity contribution in [2.45, 2.75) is 12.8 Å². The molecule has 1 amide bonds. The lowest BCUT2D eigenvalue weighted by Crippen LogP contribution is -2.35. The Kier molecular flexibility index (Phi) is 3.14. The predicted octanol–water partition coefficient (Wildman–Crippen LogP) is 2.13. The number of amides is 1. The quantitative estimate of drug-likeness (QED) is 0.735. The minimum atomic E-state index is -1.03. The number of hydrogen-bond donors (Lipinski definition) is 0. The van der Waals surface area contributed by atoms with E-state index < -0.39 is 17.5 Å². The van der Waals surface area contributed by atoms with Crippen LogP contribution in [0.25, 0.3) is 0 Å². The highest BCUT2D eigenvalue weighted by molar-refractivity contribution is 5.93. The molecule has 16 heavy (non-hydrogen) atoms. The molecule has 86 valence electrons. The van der Waals surface area contributed by atoms with Gasteiger partial charge in [0, 0.05) is 12.1 Å². The van der Waals surface area contributed by atoms with E-state index in [-0.39, 0.29) is 5.56 Å². The van der Waals surface area contributed by atoms with E-state index in [0.717, 1.165) is 25.0 Å². The van der Waals surface area contributed by atoms with Gasteiger partial charge in [0.1, 0.15) is 0 Å². The normalized spacial score (nSPS) is 16.2. The average molecular weight is 227 g/mol. The molecule has 0 saturated carbocycles. The smallest absolute Gasteiger partial charge is 0.271 e. The molecule has 0 spiro atoms. The summed E-state index contributed by atoms with van der Waals surface area (Å²) in [6, 6.07) is 3.07. The van der Waals surface area contributed by atoms with Gasteiger partial charge in [-0.05, 0) is 31.0 Å². The van der Waals surface area contributed by atoms with E-state index >= 15 is 0 Å². The Morgan fingerprint density at radius 1 is 1.25 bits per heavy atom. The molecular formula is C11H11F2NO2. The molecule has 0 aliphatic carbocycles. The zero-order valence-electron chi connectivity index (χ0n) is 8.58. The lowest BCUT2D eigenvalue weighted by molar-refractivity contribution is -0.144. The number of nitrogens with zero attached hydrogens (tertiary/aromatic N) is 1. The van der Waals surface area contributed by atoms with E-state index in [4.69, 9.17) is 4.84 Å². The first-order valence-electron chi connectivity index (χ1n) is 5.08. The Hall–Kier alpha value is -1.49. The molecule has 0 atom stereocenters. The Morgan fingerprint density at radius 3 is 2.69 bits per heavy atom. The molecule has 1 heterocycles. The summed E-state index contributed by atoms with van der Waals surface area (Å²) in [7, 11) is 0. The summed E-state index contributed by atoms with van der Waals surface area (Å²) in [5.74, 6) is -2.42. The van der Waals surface area contributed by atoms with Crippen molar-refractivity contribution in [2.75, 3.05) is 13.2 Å². The number of carbonyl (C=O) groups excluding carboxylic acids is 1. The van der Waals surface area contributed by atoms with E-state index in [2.05, 4.69) is 0 Å². The van der Waals surface area contributed by atoms with Crippen LogP contribution < -0.4 is 0 Å². The third-order valence-electron chi connectivity index (χ3n) is 2.40. The summed E-state index contributed by atoms with van der Waals surface area (Å²) in [6.45, 7) is 0.966. The highest BCUT2D eigenvalue weighted by Crippen LogP contribution is 2.14. The third kappa shape index (κ3) is 2.19. The molecule has 0 bridgehead atoms.